The molecule has 0 aliphatic heterocycles. The lowest BCUT2D eigenvalue weighted by Crippen LogP contribution is -1.92. The molecule has 0 saturated heterocycles. The molecule has 2 rings (SSSR count). The molecule has 0 bridgehead atoms. The Balaban J connectivity index is 2.59. The fourth-order valence-corrected chi connectivity index (χ4v) is 1.52. The third kappa shape index (κ3) is 1.54. The number of aromatic hydroxyl groups is 2. The summed E-state index contributed by atoms with van der Waals surface area (Å²) >= 11 is 0. The van der Waals surface area contributed by atoms with Gasteiger partial charge in [0.1, 0.15) is 5.82 Å². The van der Waals surface area contributed by atoms with E-state index < -0.39 is 0 Å². The Kier molecular flexibility index (Phi) is 2.11. The Labute approximate surface area is 87.4 Å². The minimum absolute atomic E-state index is 0.216. The molecule has 4 heteroatoms. The van der Waals surface area contributed by atoms with Crippen molar-refractivity contribution >= 4 is 0 Å². The lowest BCUT2D eigenvalue weighted by molar-refractivity contribution is 0.374. The predicted octanol–water partition coefficient (Wildman–Crippen LogP) is 1.81. The number of nitrogens with zero attached hydrogens (tertiary/aromatic N) is 2. The minimum Gasteiger partial charge on any atom is -0.491 e. The van der Waals surface area contributed by atoms with Crippen LogP contribution in [0.4, 0.5) is 0 Å². The van der Waals surface area contributed by atoms with Crippen molar-refractivity contribution in [1.29, 1.82) is 0 Å². The van der Waals surface area contributed by atoms with Crippen molar-refractivity contribution < 1.29 is 10.2 Å². The fourth-order valence-electron chi connectivity index (χ4n) is 1.52. The van der Waals surface area contributed by atoms with Gasteiger partial charge in [-0.2, -0.15) is 4.98 Å². The topological polar surface area (TPSA) is 58.3 Å². The van der Waals surface area contributed by atoms with Crippen LogP contribution in [0.25, 0.3) is 11.4 Å². The Morgan fingerprint density at radius 2 is 2.00 bits per heavy atom. The normalized spacial score (nSPS) is 10.5. The molecule has 2 N–H and O–H groups in total. The molecule has 78 valence electrons. The first-order valence-electron chi connectivity index (χ1n) is 4.61. The summed E-state index contributed by atoms with van der Waals surface area (Å²) in [5, 5.41) is 18.7. The molecule has 0 spiro atoms. The highest BCUT2D eigenvalue weighted by atomic mass is 16.3. The van der Waals surface area contributed by atoms with Crippen LogP contribution in [0, 0.1) is 6.92 Å². The Morgan fingerprint density at radius 1 is 1.27 bits per heavy atom. The summed E-state index contributed by atoms with van der Waals surface area (Å²) in [5.74, 6) is -0.00536. The quantitative estimate of drug-likeness (QED) is 0.744. The van der Waals surface area contributed by atoms with Gasteiger partial charge in [0.2, 0.25) is 0 Å². The molecule has 0 fully saturated rings. The summed E-state index contributed by atoms with van der Waals surface area (Å²) in [7, 11) is 1.65. The highest BCUT2D eigenvalue weighted by molar-refractivity contribution is 5.59. The maximum Gasteiger partial charge on any atom is 0.275 e. The number of imidazole rings is 1. The van der Waals surface area contributed by atoms with Gasteiger partial charge in [0.15, 0.2) is 0 Å². The third-order valence-corrected chi connectivity index (χ3v) is 2.32. The van der Waals surface area contributed by atoms with E-state index in [1.54, 1.807) is 7.05 Å². The van der Waals surface area contributed by atoms with Crippen molar-refractivity contribution in [2.75, 3.05) is 0 Å². The van der Waals surface area contributed by atoms with Gasteiger partial charge in [-0.15, -0.1) is 0 Å². The van der Waals surface area contributed by atoms with E-state index >= 15 is 0 Å². The van der Waals surface area contributed by atoms with Crippen LogP contribution in [0.3, 0.4) is 0 Å². The van der Waals surface area contributed by atoms with E-state index in [-0.39, 0.29) is 11.8 Å². The van der Waals surface area contributed by atoms with E-state index in [1.807, 2.05) is 31.2 Å². The summed E-state index contributed by atoms with van der Waals surface area (Å²) in [4.78, 5) is 3.89. The van der Waals surface area contributed by atoms with Crippen molar-refractivity contribution in [1.82, 2.24) is 9.55 Å². The van der Waals surface area contributed by atoms with Crippen LogP contribution in [0.1, 0.15) is 5.56 Å². The molecule has 0 saturated carbocycles. The molecule has 4 nitrogen and oxygen atoms in total. The summed E-state index contributed by atoms with van der Waals surface area (Å²) in [6.45, 7) is 1.98. The molecule has 0 aliphatic rings. The van der Waals surface area contributed by atoms with Gasteiger partial charge in [-0.1, -0.05) is 23.8 Å². The average Bonchev–Trinajstić information content (AvgIpc) is 2.46. The lowest BCUT2D eigenvalue weighted by Gasteiger charge is -2.02. The molecular weight excluding hydrogens is 192 g/mol. The molecule has 1 heterocycles. The lowest BCUT2D eigenvalue weighted by atomic mass is 10.1. The number of hydrogen-bond acceptors (Lipinski definition) is 3. The van der Waals surface area contributed by atoms with Gasteiger partial charge in [0, 0.05) is 12.6 Å². The number of rotatable bonds is 1. The summed E-state index contributed by atoms with van der Waals surface area (Å²) in [6, 6.07) is 7.72. The van der Waals surface area contributed by atoms with E-state index in [2.05, 4.69) is 4.98 Å². The van der Waals surface area contributed by atoms with Gasteiger partial charge in [0.25, 0.3) is 11.8 Å². The van der Waals surface area contributed by atoms with Crippen molar-refractivity contribution in [3.63, 3.8) is 0 Å². The first-order chi connectivity index (χ1) is 7.09. The maximum atomic E-state index is 9.41. The first-order valence-corrected chi connectivity index (χ1v) is 4.61. The molecule has 0 amide bonds. The summed E-state index contributed by atoms with van der Waals surface area (Å²) in [6.07, 6.45) is 0. The van der Waals surface area contributed by atoms with E-state index in [4.69, 9.17) is 0 Å². The standard InChI is InChI=1S/C11H12N2O2/c1-7-4-3-5-8(6-7)9-12-10(14)11(15)13(9)2/h3-6,14-15H,1-2H3. The molecule has 0 atom stereocenters. The first kappa shape index (κ1) is 9.58. The van der Waals surface area contributed by atoms with E-state index in [9.17, 15) is 10.2 Å². The second kappa shape index (κ2) is 3.31. The van der Waals surface area contributed by atoms with E-state index in [0.717, 1.165) is 11.1 Å². The molecule has 15 heavy (non-hydrogen) atoms. The van der Waals surface area contributed by atoms with Crippen LogP contribution in [-0.4, -0.2) is 19.8 Å². The second-order valence-electron chi connectivity index (χ2n) is 3.51. The Morgan fingerprint density at radius 3 is 2.53 bits per heavy atom. The van der Waals surface area contributed by atoms with E-state index in [1.165, 1.54) is 4.57 Å². The van der Waals surface area contributed by atoms with Gasteiger partial charge in [-0.25, -0.2) is 0 Å². The molecule has 0 aliphatic carbocycles. The maximum absolute atomic E-state index is 9.41. The number of hydrogen-bond donors (Lipinski definition) is 2. The second-order valence-corrected chi connectivity index (χ2v) is 3.51. The van der Waals surface area contributed by atoms with Gasteiger partial charge < -0.3 is 10.2 Å². The van der Waals surface area contributed by atoms with Crippen LogP contribution < -0.4 is 0 Å². The number of benzene rings is 1. The zero-order chi connectivity index (χ0) is 11.0. The minimum atomic E-state index is -0.339. The van der Waals surface area contributed by atoms with Gasteiger partial charge in [-0.3, -0.25) is 4.57 Å². The van der Waals surface area contributed by atoms with Crippen LogP contribution in [0.5, 0.6) is 11.8 Å². The average molecular weight is 204 g/mol. The molecular formula is C11H12N2O2. The van der Waals surface area contributed by atoms with Gasteiger partial charge in [0.05, 0.1) is 0 Å². The van der Waals surface area contributed by atoms with Gasteiger partial charge >= 0.3 is 0 Å². The summed E-state index contributed by atoms with van der Waals surface area (Å²) < 4.78 is 1.45. The highest BCUT2D eigenvalue weighted by Crippen LogP contribution is 2.29. The predicted molar refractivity (Wildman–Crippen MR) is 56.7 cm³/mol. The van der Waals surface area contributed by atoms with Crippen molar-refractivity contribution in [2.45, 2.75) is 6.92 Å². The highest BCUT2D eigenvalue weighted by Gasteiger charge is 2.13. The van der Waals surface area contributed by atoms with Crippen molar-refractivity contribution in [2.24, 2.45) is 7.05 Å². The van der Waals surface area contributed by atoms with Gasteiger partial charge in [-0.05, 0) is 13.0 Å². The largest absolute Gasteiger partial charge is 0.491 e. The van der Waals surface area contributed by atoms with Crippen LogP contribution in [0.15, 0.2) is 24.3 Å². The smallest absolute Gasteiger partial charge is 0.275 e. The monoisotopic (exact) mass is 204 g/mol. The van der Waals surface area contributed by atoms with Crippen molar-refractivity contribution in [3.05, 3.63) is 29.8 Å². The number of aromatic nitrogens is 2. The zero-order valence-electron chi connectivity index (χ0n) is 8.60. The fraction of sp³-hybridized carbons (Fsp3) is 0.182. The Hall–Kier alpha value is -1.97. The van der Waals surface area contributed by atoms with Crippen molar-refractivity contribution in [3.8, 4) is 23.1 Å². The van der Waals surface area contributed by atoms with Crippen LogP contribution in [-0.2, 0) is 7.05 Å². The Bertz CT molecular complexity index is 503. The molecule has 0 radical (unpaired) electrons. The zero-order valence-corrected chi connectivity index (χ0v) is 8.60. The van der Waals surface area contributed by atoms with Crippen LogP contribution in [0.2, 0.25) is 0 Å². The molecule has 2 aromatic rings. The molecule has 1 aromatic carbocycles. The SMILES string of the molecule is Cc1cccc(-c2nc(O)c(O)n2C)c1. The summed E-state index contributed by atoms with van der Waals surface area (Å²) in [5.41, 5.74) is 1.97. The number of aryl methyl sites for hydroxylation is 1. The van der Waals surface area contributed by atoms with Crippen LogP contribution >= 0.6 is 0 Å². The van der Waals surface area contributed by atoms with E-state index in [0.29, 0.717) is 5.82 Å². The molecule has 0 unspecified atom stereocenters. The molecule has 1 aromatic heterocycles. The third-order valence-electron chi connectivity index (χ3n) is 2.32.